The number of piperidine rings is 1. The molecule has 0 bridgehead atoms. The molecule has 1 aliphatic rings. The van der Waals surface area contributed by atoms with Gasteiger partial charge in [0.15, 0.2) is 5.16 Å². The van der Waals surface area contributed by atoms with E-state index in [9.17, 15) is 0 Å². The summed E-state index contributed by atoms with van der Waals surface area (Å²) in [5.41, 5.74) is 5.62. The Kier molecular flexibility index (Phi) is 5.41. The standard InChI is InChI=1S/C20H24N4OS/c1-25-13-15-7-8-21-16(11-15)14-26-20-22-18-6-5-17(12-19(18)23-20)24-9-3-2-4-10-24/h5-8,11-12H,2-4,9-10,13-14H2,1H3,(H,22,23). The highest BCUT2D eigenvalue weighted by atomic mass is 32.2. The highest BCUT2D eigenvalue weighted by Crippen LogP contribution is 2.27. The first-order chi connectivity index (χ1) is 12.8. The number of aromatic nitrogens is 3. The number of imidazole rings is 1. The zero-order valence-electron chi connectivity index (χ0n) is 15.1. The molecule has 0 unspecified atom stereocenters. The van der Waals surface area contributed by atoms with Gasteiger partial charge in [-0.15, -0.1) is 0 Å². The number of ether oxygens (including phenoxy) is 1. The Morgan fingerprint density at radius 3 is 2.88 bits per heavy atom. The Hall–Kier alpha value is -2.05. The summed E-state index contributed by atoms with van der Waals surface area (Å²) in [7, 11) is 1.71. The molecule has 0 saturated carbocycles. The number of pyridine rings is 1. The molecule has 1 saturated heterocycles. The lowest BCUT2D eigenvalue weighted by atomic mass is 10.1. The number of aromatic amines is 1. The average molecular weight is 369 g/mol. The summed E-state index contributed by atoms with van der Waals surface area (Å²) in [6.45, 7) is 2.93. The fourth-order valence-electron chi connectivity index (χ4n) is 3.40. The maximum Gasteiger partial charge on any atom is 0.166 e. The molecular formula is C20H24N4OS. The molecule has 2 aromatic heterocycles. The topological polar surface area (TPSA) is 54.0 Å². The van der Waals surface area contributed by atoms with Gasteiger partial charge in [-0.1, -0.05) is 11.8 Å². The quantitative estimate of drug-likeness (QED) is 0.654. The van der Waals surface area contributed by atoms with Crippen LogP contribution < -0.4 is 4.90 Å². The van der Waals surface area contributed by atoms with Crippen LogP contribution >= 0.6 is 11.8 Å². The number of nitrogens with zero attached hydrogens (tertiary/aromatic N) is 3. The molecule has 0 amide bonds. The van der Waals surface area contributed by atoms with Crippen molar-refractivity contribution in [3.8, 4) is 0 Å². The SMILES string of the molecule is COCc1ccnc(CSc2nc3ccc(N4CCCCC4)cc3[nH]2)c1. The van der Waals surface area contributed by atoms with Crippen molar-refractivity contribution >= 4 is 28.5 Å². The van der Waals surface area contributed by atoms with Crippen LogP contribution in [0.1, 0.15) is 30.5 Å². The number of rotatable bonds is 6. The van der Waals surface area contributed by atoms with Crippen molar-refractivity contribution in [3.05, 3.63) is 47.8 Å². The predicted octanol–water partition coefficient (Wildman–Crippen LogP) is 4.39. The van der Waals surface area contributed by atoms with Crippen LogP contribution in [-0.4, -0.2) is 35.2 Å². The van der Waals surface area contributed by atoms with Gasteiger partial charge in [-0.05, 0) is 55.2 Å². The van der Waals surface area contributed by atoms with Gasteiger partial charge in [-0.3, -0.25) is 4.98 Å². The molecule has 0 aliphatic carbocycles. The van der Waals surface area contributed by atoms with Gasteiger partial charge < -0.3 is 14.6 Å². The summed E-state index contributed by atoms with van der Waals surface area (Å²) < 4.78 is 5.19. The molecule has 0 radical (unpaired) electrons. The van der Waals surface area contributed by atoms with Crippen LogP contribution in [0.25, 0.3) is 11.0 Å². The van der Waals surface area contributed by atoms with Crippen LogP contribution in [0.2, 0.25) is 0 Å². The van der Waals surface area contributed by atoms with E-state index >= 15 is 0 Å². The van der Waals surface area contributed by atoms with Crippen LogP contribution in [0.3, 0.4) is 0 Å². The second-order valence-corrected chi connectivity index (χ2v) is 7.63. The number of nitrogens with one attached hydrogen (secondary N) is 1. The number of methoxy groups -OCH3 is 1. The summed E-state index contributed by atoms with van der Waals surface area (Å²) >= 11 is 1.68. The smallest absolute Gasteiger partial charge is 0.166 e. The molecule has 6 heteroatoms. The molecule has 1 N–H and O–H groups in total. The zero-order valence-corrected chi connectivity index (χ0v) is 15.9. The van der Waals surface area contributed by atoms with Gasteiger partial charge >= 0.3 is 0 Å². The van der Waals surface area contributed by atoms with E-state index in [1.54, 1.807) is 18.9 Å². The fraction of sp³-hybridized carbons (Fsp3) is 0.400. The van der Waals surface area contributed by atoms with Crippen LogP contribution in [0, 0.1) is 0 Å². The Balaban J connectivity index is 1.46. The molecule has 1 aliphatic heterocycles. The predicted molar refractivity (Wildman–Crippen MR) is 107 cm³/mol. The minimum Gasteiger partial charge on any atom is -0.380 e. The molecule has 26 heavy (non-hydrogen) atoms. The summed E-state index contributed by atoms with van der Waals surface area (Å²) in [6.07, 6.45) is 5.77. The van der Waals surface area contributed by atoms with E-state index in [0.29, 0.717) is 6.61 Å². The summed E-state index contributed by atoms with van der Waals surface area (Å²) in [5.74, 6) is 0.788. The van der Waals surface area contributed by atoms with E-state index in [0.717, 1.165) is 46.3 Å². The van der Waals surface area contributed by atoms with Gasteiger partial charge in [0.2, 0.25) is 0 Å². The molecule has 4 rings (SSSR count). The Labute approximate surface area is 158 Å². The van der Waals surface area contributed by atoms with E-state index in [1.807, 2.05) is 12.3 Å². The minimum atomic E-state index is 0.615. The van der Waals surface area contributed by atoms with Crippen molar-refractivity contribution in [2.75, 3.05) is 25.1 Å². The van der Waals surface area contributed by atoms with Crippen molar-refractivity contribution in [2.24, 2.45) is 0 Å². The Bertz CT molecular complexity index is 873. The normalized spacial score (nSPS) is 14.9. The Morgan fingerprint density at radius 2 is 2.04 bits per heavy atom. The maximum atomic E-state index is 5.19. The van der Waals surface area contributed by atoms with Gasteiger partial charge in [0, 0.05) is 37.8 Å². The van der Waals surface area contributed by atoms with E-state index in [2.05, 4.69) is 39.1 Å². The van der Waals surface area contributed by atoms with Crippen molar-refractivity contribution in [1.29, 1.82) is 0 Å². The third-order valence-corrected chi connectivity index (χ3v) is 5.62. The molecule has 136 valence electrons. The van der Waals surface area contributed by atoms with Gasteiger partial charge in [-0.2, -0.15) is 0 Å². The average Bonchev–Trinajstić information content (AvgIpc) is 3.10. The lowest BCUT2D eigenvalue weighted by Gasteiger charge is -2.28. The molecule has 3 aromatic rings. The minimum absolute atomic E-state index is 0.615. The fourth-order valence-corrected chi connectivity index (χ4v) is 4.18. The number of H-pyrrole nitrogens is 1. The summed E-state index contributed by atoms with van der Waals surface area (Å²) in [5, 5.41) is 0.940. The van der Waals surface area contributed by atoms with Crippen molar-refractivity contribution in [2.45, 2.75) is 36.8 Å². The Morgan fingerprint density at radius 1 is 1.15 bits per heavy atom. The number of thioether (sulfide) groups is 1. The number of fused-ring (bicyclic) bond motifs is 1. The first kappa shape index (κ1) is 17.4. The van der Waals surface area contributed by atoms with Crippen LogP contribution in [0.5, 0.6) is 0 Å². The largest absolute Gasteiger partial charge is 0.380 e. The third-order valence-electron chi connectivity index (χ3n) is 4.71. The van der Waals surface area contributed by atoms with Gasteiger partial charge in [0.05, 0.1) is 23.3 Å². The molecule has 1 fully saturated rings. The van der Waals surface area contributed by atoms with Crippen molar-refractivity contribution < 1.29 is 4.74 Å². The summed E-state index contributed by atoms with van der Waals surface area (Å²) in [6, 6.07) is 10.6. The molecular weight excluding hydrogens is 344 g/mol. The number of anilines is 1. The van der Waals surface area contributed by atoms with Crippen LogP contribution in [-0.2, 0) is 17.1 Å². The molecule has 5 nitrogen and oxygen atoms in total. The first-order valence-corrected chi connectivity index (χ1v) is 10.1. The molecule has 3 heterocycles. The lowest BCUT2D eigenvalue weighted by Crippen LogP contribution is -2.29. The van der Waals surface area contributed by atoms with E-state index in [-0.39, 0.29) is 0 Å². The summed E-state index contributed by atoms with van der Waals surface area (Å²) in [4.78, 5) is 15.1. The van der Waals surface area contributed by atoms with Gasteiger partial charge in [0.1, 0.15) is 0 Å². The highest BCUT2D eigenvalue weighted by molar-refractivity contribution is 7.98. The monoisotopic (exact) mass is 368 g/mol. The number of hydrogen-bond acceptors (Lipinski definition) is 5. The van der Waals surface area contributed by atoms with Gasteiger partial charge in [0.25, 0.3) is 0 Å². The number of hydrogen-bond donors (Lipinski definition) is 1. The molecule has 0 atom stereocenters. The van der Waals surface area contributed by atoms with Crippen LogP contribution in [0.15, 0.2) is 41.7 Å². The molecule has 1 aromatic carbocycles. The van der Waals surface area contributed by atoms with Crippen molar-refractivity contribution in [1.82, 2.24) is 15.0 Å². The van der Waals surface area contributed by atoms with Crippen LogP contribution in [0.4, 0.5) is 5.69 Å². The molecule has 0 spiro atoms. The maximum absolute atomic E-state index is 5.19. The highest BCUT2D eigenvalue weighted by Gasteiger charge is 2.12. The van der Waals surface area contributed by atoms with Crippen molar-refractivity contribution in [3.63, 3.8) is 0 Å². The van der Waals surface area contributed by atoms with Gasteiger partial charge in [-0.25, -0.2) is 4.98 Å². The second kappa shape index (κ2) is 8.10. The first-order valence-electron chi connectivity index (χ1n) is 9.12. The number of benzene rings is 1. The van der Waals surface area contributed by atoms with E-state index in [1.165, 1.54) is 24.9 Å². The van der Waals surface area contributed by atoms with E-state index in [4.69, 9.17) is 9.72 Å². The second-order valence-electron chi connectivity index (χ2n) is 6.67. The third kappa shape index (κ3) is 4.02. The lowest BCUT2D eigenvalue weighted by molar-refractivity contribution is 0.185. The zero-order chi connectivity index (χ0) is 17.8. The van der Waals surface area contributed by atoms with E-state index < -0.39 is 0 Å².